The van der Waals surface area contributed by atoms with E-state index in [-0.39, 0.29) is 17.8 Å². The molecule has 3 nitrogen and oxygen atoms in total. The van der Waals surface area contributed by atoms with E-state index in [9.17, 15) is 4.79 Å². The van der Waals surface area contributed by atoms with E-state index >= 15 is 0 Å². The van der Waals surface area contributed by atoms with Crippen molar-refractivity contribution in [3.05, 3.63) is 0 Å². The highest BCUT2D eigenvalue weighted by Gasteiger charge is 2.46. The van der Waals surface area contributed by atoms with Gasteiger partial charge in [-0.3, -0.25) is 4.79 Å². The Bertz CT molecular complexity index is 335. The molecule has 1 atom stereocenters. The van der Waals surface area contributed by atoms with E-state index in [1.54, 1.807) is 0 Å². The summed E-state index contributed by atoms with van der Waals surface area (Å²) in [4.78, 5) is 14.5. The Morgan fingerprint density at radius 1 is 1.20 bits per heavy atom. The highest BCUT2D eigenvalue weighted by atomic mass is 35.5. The van der Waals surface area contributed by atoms with Gasteiger partial charge in [-0.05, 0) is 50.0 Å². The van der Waals surface area contributed by atoms with Crippen molar-refractivity contribution < 1.29 is 4.79 Å². The summed E-state index contributed by atoms with van der Waals surface area (Å²) in [6, 6.07) is 0.360. The van der Waals surface area contributed by atoms with Crippen molar-refractivity contribution in [1.82, 2.24) is 4.90 Å². The van der Waals surface area contributed by atoms with Crippen LogP contribution < -0.4 is 5.73 Å². The van der Waals surface area contributed by atoms with Gasteiger partial charge in [0, 0.05) is 19.5 Å². The number of hydrogen-bond donors (Lipinski definition) is 1. The minimum atomic E-state index is 0. The van der Waals surface area contributed by atoms with Crippen molar-refractivity contribution in [2.24, 2.45) is 16.6 Å². The summed E-state index contributed by atoms with van der Waals surface area (Å²) in [5.74, 6) is 0.299. The largest absolute Gasteiger partial charge is 0.342 e. The molecule has 20 heavy (non-hydrogen) atoms. The lowest BCUT2D eigenvalue weighted by molar-refractivity contribution is -0.135. The van der Waals surface area contributed by atoms with E-state index in [4.69, 9.17) is 5.73 Å². The number of hydrogen-bond acceptors (Lipinski definition) is 2. The second kappa shape index (κ2) is 6.65. The van der Waals surface area contributed by atoms with Crippen molar-refractivity contribution in [3.8, 4) is 0 Å². The summed E-state index contributed by atoms with van der Waals surface area (Å²) in [6.07, 6.45) is 9.22. The van der Waals surface area contributed by atoms with Gasteiger partial charge in [-0.15, -0.1) is 12.4 Å². The molecule has 2 N–H and O–H groups in total. The first kappa shape index (κ1) is 17.8. The van der Waals surface area contributed by atoms with Gasteiger partial charge < -0.3 is 10.6 Å². The number of carbonyl (C=O) groups is 1. The molecule has 0 bridgehead atoms. The Kier molecular flexibility index (Phi) is 5.91. The number of amides is 1. The normalized spacial score (nSPS) is 24.4. The minimum Gasteiger partial charge on any atom is -0.342 e. The maximum Gasteiger partial charge on any atom is 0.223 e. The molecule has 2 aliphatic carbocycles. The highest BCUT2D eigenvalue weighted by molar-refractivity contribution is 5.85. The average Bonchev–Trinajstić information content (AvgIpc) is 3.17. The predicted octanol–water partition coefficient (Wildman–Crippen LogP) is 3.35. The van der Waals surface area contributed by atoms with Crippen LogP contribution in [-0.2, 0) is 4.79 Å². The first-order valence-corrected chi connectivity index (χ1v) is 7.88. The molecule has 2 aliphatic rings. The van der Waals surface area contributed by atoms with Gasteiger partial charge in [0.2, 0.25) is 5.91 Å². The molecular weight excluding hydrogens is 272 g/mol. The number of rotatable bonds is 5. The van der Waals surface area contributed by atoms with Gasteiger partial charge >= 0.3 is 0 Å². The van der Waals surface area contributed by atoms with Crippen LogP contribution in [0.3, 0.4) is 0 Å². The molecule has 0 aromatic rings. The summed E-state index contributed by atoms with van der Waals surface area (Å²) in [5, 5.41) is 0. The van der Waals surface area contributed by atoms with Crippen LogP contribution in [0.5, 0.6) is 0 Å². The van der Waals surface area contributed by atoms with E-state index in [0.29, 0.717) is 30.3 Å². The van der Waals surface area contributed by atoms with Gasteiger partial charge in [-0.1, -0.05) is 26.2 Å². The first-order valence-electron chi connectivity index (χ1n) is 7.88. The van der Waals surface area contributed by atoms with Crippen LogP contribution in [0, 0.1) is 10.8 Å². The average molecular weight is 303 g/mol. The van der Waals surface area contributed by atoms with Crippen LogP contribution in [0.25, 0.3) is 0 Å². The highest BCUT2D eigenvalue weighted by Crippen LogP contribution is 2.50. The SMILES string of the molecule is CC(N(C)C(=O)CC1(CN)CCCCC1)C1(C)CC1.Cl. The molecule has 0 radical (unpaired) electrons. The van der Waals surface area contributed by atoms with Crippen LogP contribution in [-0.4, -0.2) is 30.4 Å². The van der Waals surface area contributed by atoms with Crippen molar-refractivity contribution >= 4 is 18.3 Å². The molecule has 0 aromatic carbocycles. The molecule has 2 rings (SSSR count). The molecule has 118 valence electrons. The lowest BCUT2D eigenvalue weighted by atomic mass is 9.71. The quantitative estimate of drug-likeness (QED) is 0.846. The Morgan fingerprint density at radius 3 is 2.20 bits per heavy atom. The van der Waals surface area contributed by atoms with Crippen LogP contribution in [0.4, 0.5) is 0 Å². The fraction of sp³-hybridized carbons (Fsp3) is 0.938. The number of halogens is 1. The fourth-order valence-electron chi connectivity index (χ4n) is 3.50. The predicted molar refractivity (Wildman–Crippen MR) is 86.0 cm³/mol. The van der Waals surface area contributed by atoms with Crippen LogP contribution in [0.2, 0.25) is 0 Å². The molecule has 0 heterocycles. The second-order valence-corrected chi connectivity index (χ2v) is 7.28. The van der Waals surface area contributed by atoms with Gasteiger partial charge in [-0.2, -0.15) is 0 Å². The van der Waals surface area contributed by atoms with Gasteiger partial charge in [-0.25, -0.2) is 0 Å². The molecule has 2 fully saturated rings. The standard InChI is InChI=1S/C16H30N2O.ClH/c1-13(15(2)9-10-15)18(3)14(19)11-16(12-17)7-5-4-6-8-16;/h13H,4-12,17H2,1-3H3;1H. The third-order valence-electron chi connectivity index (χ3n) is 5.90. The van der Waals surface area contributed by atoms with E-state index in [1.165, 1.54) is 32.1 Å². The molecule has 0 saturated heterocycles. The van der Waals surface area contributed by atoms with Crippen LogP contribution in [0.15, 0.2) is 0 Å². The van der Waals surface area contributed by atoms with Crippen LogP contribution >= 0.6 is 12.4 Å². The Hall–Kier alpha value is -0.280. The lowest BCUT2D eigenvalue weighted by Gasteiger charge is -2.38. The zero-order valence-electron chi connectivity index (χ0n) is 13.3. The van der Waals surface area contributed by atoms with Crippen molar-refractivity contribution in [3.63, 3.8) is 0 Å². The Balaban J connectivity index is 0.00000200. The molecule has 4 heteroatoms. The van der Waals surface area contributed by atoms with Crippen molar-refractivity contribution in [2.75, 3.05) is 13.6 Å². The van der Waals surface area contributed by atoms with E-state index in [0.717, 1.165) is 12.8 Å². The van der Waals surface area contributed by atoms with E-state index in [2.05, 4.69) is 13.8 Å². The molecule has 1 amide bonds. The molecule has 0 aromatic heterocycles. The summed E-state index contributed by atoms with van der Waals surface area (Å²) in [5.41, 5.74) is 6.45. The zero-order chi connectivity index (χ0) is 14.1. The van der Waals surface area contributed by atoms with Gasteiger partial charge in [0.05, 0.1) is 0 Å². The number of nitrogens with zero attached hydrogens (tertiary/aromatic N) is 1. The van der Waals surface area contributed by atoms with E-state index in [1.807, 2.05) is 11.9 Å². The first-order chi connectivity index (χ1) is 8.92. The summed E-state index contributed by atoms with van der Waals surface area (Å²) in [6.45, 7) is 5.15. The van der Waals surface area contributed by atoms with Crippen LogP contribution in [0.1, 0.15) is 65.2 Å². The molecule has 0 spiro atoms. The minimum absolute atomic E-state index is 0. The third-order valence-corrected chi connectivity index (χ3v) is 5.90. The van der Waals surface area contributed by atoms with Crippen molar-refractivity contribution in [2.45, 2.75) is 71.3 Å². The van der Waals surface area contributed by atoms with Gasteiger partial charge in [0.1, 0.15) is 0 Å². The third kappa shape index (κ3) is 3.67. The molecule has 0 aliphatic heterocycles. The second-order valence-electron chi connectivity index (χ2n) is 7.28. The number of nitrogens with two attached hydrogens (primary N) is 1. The maximum absolute atomic E-state index is 12.6. The lowest BCUT2D eigenvalue weighted by Crippen LogP contribution is -2.44. The summed E-state index contributed by atoms with van der Waals surface area (Å²) in [7, 11) is 1.98. The summed E-state index contributed by atoms with van der Waals surface area (Å²) >= 11 is 0. The van der Waals surface area contributed by atoms with Gasteiger partial charge in [0.25, 0.3) is 0 Å². The Morgan fingerprint density at radius 2 is 1.75 bits per heavy atom. The van der Waals surface area contributed by atoms with Gasteiger partial charge in [0.15, 0.2) is 0 Å². The molecule has 2 saturated carbocycles. The topological polar surface area (TPSA) is 46.3 Å². The smallest absolute Gasteiger partial charge is 0.223 e. The molecular formula is C16H31ClN2O. The maximum atomic E-state index is 12.6. The zero-order valence-corrected chi connectivity index (χ0v) is 14.1. The van der Waals surface area contributed by atoms with E-state index < -0.39 is 0 Å². The molecule has 1 unspecified atom stereocenters. The van der Waals surface area contributed by atoms with Crippen molar-refractivity contribution in [1.29, 1.82) is 0 Å². The Labute approximate surface area is 130 Å². The monoisotopic (exact) mass is 302 g/mol. The fourth-order valence-corrected chi connectivity index (χ4v) is 3.50. The number of carbonyl (C=O) groups excluding carboxylic acids is 1. The summed E-state index contributed by atoms with van der Waals surface area (Å²) < 4.78 is 0.